The zero-order valence-electron chi connectivity index (χ0n) is 17.8. The number of hydrogen-bond acceptors (Lipinski definition) is 5. The third-order valence-corrected chi connectivity index (χ3v) is 7.27. The number of rotatable bonds is 8. The molecule has 1 aromatic carbocycles. The van der Waals surface area contributed by atoms with Gasteiger partial charge in [-0.15, -0.1) is 17.9 Å². The van der Waals surface area contributed by atoms with Crippen molar-refractivity contribution in [3.05, 3.63) is 58.9 Å². The van der Waals surface area contributed by atoms with E-state index in [0.29, 0.717) is 21.9 Å². The smallest absolute Gasteiger partial charge is 0.263 e. The Morgan fingerprint density at radius 1 is 1.33 bits per heavy atom. The van der Waals surface area contributed by atoms with Gasteiger partial charge in [-0.3, -0.25) is 14.2 Å². The maximum atomic E-state index is 13.3. The summed E-state index contributed by atoms with van der Waals surface area (Å²) in [4.78, 5) is 32.2. The molecule has 2 aromatic heterocycles. The van der Waals surface area contributed by atoms with E-state index < -0.39 is 0 Å². The second kappa shape index (κ2) is 9.18. The highest BCUT2D eigenvalue weighted by atomic mass is 32.2. The molecular formula is C23H27N3O2S2. The van der Waals surface area contributed by atoms with Crippen molar-refractivity contribution in [1.29, 1.82) is 0 Å². The fourth-order valence-electron chi connectivity index (χ4n) is 3.10. The van der Waals surface area contributed by atoms with Crippen LogP contribution in [0, 0.1) is 6.92 Å². The number of aryl methyl sites for hydroxylation is 1. The van der Waals surface area contributed by atoms with E-state index in [9.17, 15) is 9.59 Å². The van der Waals surface area contributed by atoms with Gasteiger partial charge in [0.25, 0.3) is 5.56 Å². The van der Waals surface area contributed by atoms with Gasteiger partial charge in [0.15, 0.2) is 5.16 Å². The fraction of sp³-hybridized carbons (Fsp3) is 0.348. The molecule has 3 rings (SSSR count). The highest BCUT2D eigenvalue weighted by Gasteiger charge is 2.21. The number of nitrogens with zero attached hydrogens (tertiary/aromatic N) is 2. The summed E-state index contributed by atoms with van der Waals surface area (Å²) < 4.78 is 1.60. The van der Waals surface area contributed by atoms with Crippen LogP contribution in [-0.2, 0) is 11.3 Å². The summed E-state index contributed by atoms with van der Waals surface area (Å²) in [7, 11) is 0. The summed E-state index contributed by atoms with van der Waals surface area (Å²) in [6.45, 7) is 12.1. The predicted molar refractivity (Wildman–Crippen MR) is 127 cm³/mol. The average molecular weight is 442 g/mol. The molecule has 2 heterocycles. The van der Waals surface area contributed by atoms with E-state index in [-0.39, 0.29) is 22.8 Å². The molecule has 0 aliphatic heterocycles. The SMILES string of the molecule is C=CCn1c(SCC(=O)NC(C)(C)CC)nc2sc(-c3ccccc3)c(C)c2c1=O. The summed E-state index contributed by atoms with van der Waals surface area (Å²) in [6, 6.07) is 10.0. The van der Waals surface area contributed by atoms with Gasteiger partial charge in [0.2, 0.25) is 5.91 Å². The number of aromatic nitrogens is 2. The van der Waals surface area contributed by atoms with Crippen LogP contribution in [0.25, 0.3) is 20.7 Å². The standard InChI is InChI=1S/C23H27N3O2S2/c1-6-13-26-21(28)18-15(3)19(16-11-9-8-10-12-16)30-20(18)24-22(26)29-14-17(27)25-23(4,5)7-2/h6,8-12H,1,7,13-14H2,2-5H3,(H,25,27). The summed E-state index contributed by atoms with van der Waals surface area (Å²) in [5, 5.41) is 4.20. The number of thioether (sulfide) groups is 1. The number of fused-ring (bicyclic) bond motifs is 1. The molecule has 0 saturated carbocycles. The van der Waals surface area contributed by atoms with Crippen LogP contribution in [0.4, 0.5) is 0 Å². The van der Waals surface area contributed by atoms with E-state index in [2.05, 4.69) is 11.9 Å². The van der Waals surface area contributed by atoms with Gasteiger partial charge in [0.05, 0.1) is 11.1 Å². The molecule has 30 heavy (non-hydrogen) atoms. The Labute approximate surface area is 185 Å². The minimum atomic E-state index is -0.259. The zero-order valence-corrected chi connectivity index (χ0v) is 19.5. The van der Waals surface area contributed by atoms with E-state index in [1.165, 1.54) is 23.1 Å². The van der Waals surface area contributed by atoms with Crippen LogP contribution in [-0.4, -0.2) is 26.8 Å². The number of carbonyl (C=O) groups is 1. The van der Waals surface area contributed by atoms with Crippen LogP contribution in [0.2, 0.25) is 0 Å². The number of thiophene rings is 1. The normalized spacial score (nSPS) is 11.6. The van der Waals surface area contributed by atoms with Crippen LogP contribution in [0.5, 0.6) is 0 Å². The molecule has 7 heteroatoms. The van der Waals surface area contributed by atoms with Gasteiger partial charge >= 0.3 is 0 Å². The number of carbonyl (C=O) groups excluding carboxylic acids is 1. The Morgan fingerprint density at radius 2 is 2.03 bits per heavy atom. The summed E-state index contributed by atoms with van der Waals surface area (Å²) in [5.74, 6) is 0.132. The van der Waals surface area contributed by atoms with Crippen molar-refractivity contribution in [2.24, 2.45) is 0 Å². The van der Waals surface area contributed by atoms with Gasteiger partial charge in [0.1, 0.15) is 4.83 Å². The lowest BCUT2D eigenvalue weighted by Crippen LogP contribution is -2.43. The van der Waals surface area contributed by atoms with Gasteiger partial charge in [-0.1, -0.05) is 55.1 Å². The Hall–Kier alpha value is -2.38. The largest absolute Gasteiger partial charge is 0.351 e. The molecule has 1 amide bonds. The van der Waals surface area contributed by atoms with Crippen molar-refractivity contribution in [1.82, 2.24) is 14.9 Å². The van der Waals surface area contributed by atoms with Gasteiger partial charge in [0, 0.05) is 17.0 Å². The Morgan fingerprint density at radius 3 is 2.67 bits per heavy atom. The highest BCUT2D eigenvalue weighted by Crippen LogP contribution is 2.36. The molecule has 0 aliphatic rings. The molecule has 0 aliphatic carbocycles. The first-order valence-corrected chi connectivity index (χ1v) is 11.7. The lowest BCUT2D eigenvalue weighted by atomic mass is 10.0. The Bertz CT molecular complexity index is 1130. The molecular weight excluding hydrogens is 414 g/mol. The second-order valence-corrected chi connectivity index (χ2v) is 9.72. The molecule has 5 nitrogen and oxygen atoms in total. The second-order valence-electron chi connectivity index (χ2n) is 7.78. The number of amides is 1. The third kappa shape index (κ3) is 4.68. The van der Waals surface area contributed by atoms with Crippen LogP contribution < -0.4 is 10.9 Å². The molecule has 0 spiro atoms. The van der Waals surface area contributed by atoms with Crippen molar-refractivity contribution in [3.63, 3.8) is 0 Å². The maximum absolute atomic E-state index is 13.3. The summed E-state index contributed by atoms with van der Waals surface area (Å²) in [5.41, 5.74) is 1.66. The molecule has 0 unspecified atom stereocenters. The van der Waals surface area contributed by atoms with Crippen molar-refractivity contribution in [2.75, 3.05) is 5.75 Å². The van der Waals surface area contributed by atoms with Crippen LogP contribution >= 0.6 is 23.1 Å². The van der Waals surface area contributed by atoms with E-state index >= 15 is 0 Å². The molecule has 0 atom stereocenters. The van der Waals surface area contributed by atoms with Crippen LogP contribution in [0.3, 0.4) is 0 Å². The first-order valence-electron chi connectivity index (χ1n) is 9.91. The van der Waals surface area contributed by atoms with Crippen LogP contribution in [0.1, 0.15) is 32.8 Å². The predicted octanol–water partition coefficient (Wildman–Crippen LogP) is 5.02. The Balaban J connectivity index is 2.00. The highest BCUT2D eigenvalue weighted by molar-refractivity contribution is 7.99. The minimum absolute atomic E-state index is 0.0707. The van der Waals surface area contributed by atoms with Crippen molar-refractivity contribution in [3.8, 4) is 10.4 Å². The number of nitrogens with one attached hydrogen (secondary N) is 1. The van der Waals surface area contributed by atoms with Crippen molar-refractivity contribution >= 4 is 39.2 Å². The number of benzene rings is 1. The summed E-state index contributed by atoms with van der Waals surface area (Å²) >= 11 is 2.80. The van der Waals surface area contributed by atoms with E-state index in [1.54, 1.807) is 10.6 Å². The molecule has 0 radical (unpaired) electrons. The number of hydrogen-bond donors (Lipinski definition) is 1. The maximum Gasteiger partial charge on any atom is 0.263 e. The van der Waals surface area contributed by atoms with Gasteiger partial charge in [-0.25, -0.2) is 4.98 Å². The molecule has 0 bridgehead atoms. The van der Waals surface area contributed by atoms with Crippen molar-refractivity contribution in [2.45, 2.75) is 51.4 Å². The van der Waals surface area contributed by atoms with E-state index in [0.717, 1.165) is 22.4 Å². The van der Waals surface area contributed by atoms with E-state index in [1.807, 2.05) is 58.0 Å². The zero-order chi connectivity index (χ0) is 21.9. The first kappa shape index (κ1) is 22.3. The monoisotopic (exact) mass is 441 g/mol. The average Bonchev–Trinajstić information content (AvgIpc) is 3.05. The molecule has 1 N–H and O–H groups in total. The topological polar surface area (TPSA) is 64.0 Å². The molecule has 0 fully saturated rings. The Kier molecular flexibility index (Phi) is 6.83. The minimum Gasteiger partial charge on any atom is -0.351 e. The lowest BCUT2D eigenvalue weighted by molar-refractivity contribution is -0.120. The first-order chi connectivity index (χ1) is 14.3. The number of allylic oxidation sites excluding steroid dienone is 1. The molecule has 158 valence electrons. The van der Waals surface area contributed by atoms with Crippen LogP contribution in [0.15, 0.2) is 52.9 Å². The van der Waals surface area contributed by atoms with E-state index in [4.69, 9.17) is 4.98 Å². The molecule has 0 saturated heterocycles. The third-order valence-electron chi connectivity index (χ3n) is 5.06. The summed E-state index contributed by atoms with van der Waals surface area (Å²) in [6.07, 6.45) is 2.52. The quantitative estimate of drug-likeness (QED) is 0.303. The van der Waals surface area contributed by atoms with Gasteiger partial charge < -0.3 is 5.32 Å². The fourth-order valence-corrected chi connectivity index (χ4v) is 5.13. The lowest BCUT2D eigenvalue weighted by Gasteiger charge is -2.24. The van der Waals surface area contributed by atoms with Gasteiger partial charge in [-0.2, -0.15) is 0 Å². The van der Waals surface area contributed by atoms with Gasteiger partial charge in [-0.05, 0) is 38.3 Å². The molecule has 3 aromatic rings. The van der Waals surface area contributed by atoms with Crippen molar-refractivity contribution < 1.29 is 4.79 Å².